The maximum Gasteiger partial charge on any atom is 0.238 e. The van der Waals surface area contributed by atoms with Crippen LogP contribution in [0.5, 0.6) is 0 Å². The SMILES string of the molecule is O=C(CN(Cc1ccccc1)CC1CCCO1)Nc1cccc(F)c1. The zero-order valence-electron chi connectivity index (χ0n) is 14.2. The molecule has 1 N–H and O–H groups in total. The van der Waals surface area contributed by atoms with Crippen molar-refractivity contribution in [3.63, 3.8) is 0 Å². The molecule has 0 radical (unpaired) electrons. The van der Waals surface area contributed by atoms with Crippen LogP contribution in [0.15, 0.2) is 54.6 Å². The molecule has 1 aliphatic rings. The van der Waals surface area contributed by atoms with Crippen LogP contribution in [0.3, 0.4) is 0 Å². The molecule has 3 rings (SSSR count). The Kier molecular flexibility index (Phi) is 6.14. The van der Waals surface area contributed by atoms with E-state index in [1.54, 1.807) is 12.1 Å². The Morgan fingerprint density at radius 2 is 2.04 bits per heavy atom. The summed E-state index contributed by atoms with van der Waals surface area (Å²) in [6.07, 6.45) is 2.27. The summed E-state index contributed by atoms with van der Waals surface area (Å²) in [5.74, 6) is -0.516. The lowest BCUT2D eigenvalue weighted by atomic mass is 10.2. The van der Waals surface area contributed by atoms with E-state index in [2.05, 4.69) is 10.2 Å². The number of halogens is 1. The van der Waals surface area contributed by atoms with E-state index in [9.17, 15) is 9.18 Å². The number of benzene rings is 2. The summed E-state index contributed by atoms with van der Waals surface area (Å²) in [6, 6.07) is 16.0. The predicted molar refractivity (Wildman–Crippen MR) is 95.7 cm³/mol. The maximum atomic E-state index is 13.3. The van der Waals surface area contributed by atoms with Gasteiger partial charge in [-0.25, -0.2) is 4.39 Å². The van der Waals surface area contributed by atoms with Crippen LogP contribution in [0.2, 0.25) is 0 Å². The Balaban J connectivity index is 1.62. The van der Waals surface area contributed by atoms with Gasteiger partial charge in [-0.05, 0) is 36.6 Å². The Bertz CT molecular complexity index is 687. The van der Waals surface area contributed by atoms with Gasteiger partial charge in [0, 0.05) is 25.4 Å². The van der Waals surface area contributed by atoms with Crippen LogP contribution in [-0.2, 0) is 16.1 Å². The molecule has 1 saturated heterocycles. The third-order valence-corrected chi connectivity index (χ3v) is 4.21. The molecule has 5 heteroatoms. The molecule has 2 aromatic carbocycles. The van der Waals surface area contributed by atoms with E-state index >= 15 is 0 Å². The van der Waals surface area contributed by atoms with Gasteiger partial charge in [-0.3, -0.25) is 9.69 Å². The molecule has 4 nitrogen and oxygen atoms in total. The molecule has 1 heterocycles. The van der Waals surface area contributed by atoms with Gasteiger partial charge in [0.1, 0.15) is 5.82 Å². The zero-order chi connectivity index (χ0) is 17.5. The fraction of sp³-hybridized carbons (Fsp3) is 0.350. The smallest absolute Gasteiger partial charge is 0.238 e. The Morgan fingerprint density at radius 3 is 2.76 bits per heavy atom. The first-order valence-corrected chi connectivity index (χ1v) is 8.62. The predicted octanol–water partition coefficient (Wildman–Crippen LogP) is 3.45. The lowest BCUT2D eigenvalue weighted by Crippen LogP contribution is -2.37. The van der Waals surface area contributed by atoms with E-state index in [1.807, 2.05) is 30.3 Å². The summed E-state index contributed by atoms with van der Waals surface area (Å²) >= 11 is 0. The standard InChI is InChI=1S/C20H23FN2O2/c21-17-8-4-9-18(12-17)22-20(24)15-23(14-19-10-5-11-25-19)13-16-6-2-1-3-7-16/h1-4,6-9,12,19H,5,10-11,13-15H2,(H,22,24). The monoisotopic (exact) mass is 342 g/mol. The zero-order valence-corrected chi connectivity index (χ0v) is 14.2. The molecule has 0 saturated carbocycles. The lowest BCUT2D eigenvalue weighted by molar-refractivity contribution is -0.117. The van der Waals surface area contributed by atoms with Gasteiger partial charge in [0.05, 0.1) is 12.6 Å². The third-order valence-electron chi connectivity index (χ3n) is 4.21. The van der Waals surface area contributed by atoms with E-state index in [0.29, 0.717) is 18.8 Å². The van der Waals surface area contributed by atoms with E-state index in [1.165, 1.54) is 12.1 Å². The maximum absolute atomic E-state index is 13.3. The summed E-state index contributed by atoms with van der Waals surface area (Å²) in [5, 5.41) is 2.76. The van der Waals surface area contributed by atoms with Crippen LogP contribution in [0.1, 0.15) is 18.4 Å². The van der Waals surface area contributed by atoms with Crippen molar-refractivity contribution in [2.45, 2.75) is 25.5 Å². The molecule has 0 spiro atoms. The molecule has 2 aromatic rings. The second kappa shape index (κ2) is 8.74. The number of hydrogen-bond acceptors (Lipinski definition) is 3. The van der Waals surface area contributed by atoms with Gasteiger partial charge in [-0.15, -0.1) is 0 Å². The summed E-state index contributed by atoms with van der Waals surface area (Å²) in [5.41, 5.74) is 1.63. The highest BCUT2D eigenvalue weighted by Crippen LogP contribution is 2.15. The van der Waals surface area contributed by atoms with Crippen molar-refractivity contribution in [3.05, 3.63) is 66.0 Å². The average Bonchev–Trinajstić information content (AvgIpc) is 3.08. The van der Waals surface area contributed by atoms with Crippen LogP contribution < -0.4 is 5.32 Å². The quantitative estimate of drug-likeness (QED) is 0.838. The van der Waals surface area contributed by atoms with Gasteiger partial charge in [-0.2, -0.15) is 0 Å². The van der Waals surface area contributed by atoms with E-state index in [-0.39, 0.29) is 24.4 Å². The van der Waals surface area contributed by atoms with Crippen LogP contribution in [0, 0.1) is 5.82 Å². The van der Waals surface area contributed by atoms with Crippen LogP contribution in [0.4, 0.5) is 10.1 Å². The largest absolute Gasteiger partial charge is 0.377 e. The molecule has 25 heavy (non-hydrogen) atoms. The number of carbonyl (C=O) groups excluding carboxylic acids is 1. The number of nitrogens with zero attached hydrogens (tertiary/aromatic N) is 1. The van der Waals surface area contributed by atoms with Crippen molar-refractivity contribution >= 4 is 11.6 Å². The molecular formula is C20H23FN2O2. The van der Waals surface area contributed by atoms with Gasteiger partial charge in [0.25, 0.3) is 0 Å². The molecule has 0 aromatic heterocycles. The third kappa shape index (κ3) is 5.66. The molecular weight excluding hydrogens is 319 g/mol. The minimum atomic E-state index is -0.363. The number of amides is 1. The Labute approximate surface area is 147 Å². The number of anilines is 1. The van der Waals surface area contributed by atoms with Crippen molar-refractivity contribution in [2.24, 2.45) is 0 Å². The fourth-order valence-electron chi connectivity index (χ4n) is 3.07. The first kappa shape index (κ1) is 17.6. The van der Waals surface area contributed by atoms with Crippen molar-refractivity contribution in [1.29, 1.82) is 0 Å². The van der Waals surface area contributed by atoms with Gasteiger partial charge in [-0.1, -0.05) is 36.4 Å². The molecule has 1 atom stereocenters. The molecule has 1 unspecified atom stereocenters. The van der Waals surface area contributed by atoms with Crippen LogP contribution >= 0.6 is 0 Å². The van der Waals surface area contributed by atoms with E-state index < -0.39 is 0 Å². The number of ether oxygens (including phenoxy) is 1. The minimum Gasteiger partial charge on any atom is -0.377 e. The first-order valence-electron chi connectivity index (χ1n) is 8.62. The summed E-state index contributed by atoms with van der Waals surface area (Å²) in [6.45, 7) is 2.42. The summed E-state index contributed by atoms with van der Waals surface area (Å²) in [4.78, 5) is 14.5. The molecule has 132 valence electrons. The minimum absolute atomic E-state index is 0.153. The van der Waals surface area contributed by atoms with Crippen molar-refractivity contribution in [2.75, 3.05) is 25.0 Å². The second-order valence-electron chi connectivity index (χ2n) is 6.35. The van der Waals surface area contributed by atoms with E-state index in [0.717, 1.165) is 25.0 Å². The lowest BCUT2D eigenvalue weighted by Gasteiger charge is -2.24. The van der Waals surface area contributed by atoms with Gasteiger partial charge >= 0.3 is 0 Å². The van der Waals surface area contributed by atoms with Crippen molar-refractivity contribution in [3.8, 4) is 0 Å². The molecule has 1 aliphatic heterocycles. The highest BCUT2D eigenvalue weighted by molar-refractivity contribution is 5.92. The van der Waals surface area contributed by atoms with Gasteiger partial charge < -0.3 is 10.1 Å². The number of rotatable bonds is 7. The topological polar surface area (TPSA) is 41.6 Å². The first-order chi connectivity index (χ1) is 12.2. The Morgan fingerprint density at radius 1 is 1.20 bits per heavy atom. The van der Waals surface area contributed by atoms with E-state index in [4.69, 9.17) is 4.74 Å². The second-order valence-corrected chi connectivity index (χ2v) is 6.35. The number of nitrogens with one attached hydrogen (secondary N) is 1. The van der Waals surface area contributed by atoms with Crippen molar-refractivity contribution in [1.82, 2.24) is 4.90 Å². The summed E-state index contributed by atoms with van der Waals surface area (Å²) in [7, 11) is 0. The van der Waals surface area contributed by atoms with Gasteiger partial charge in [0.15, 0.2) is 0 Å². The Hall–Kier alpha value is -2.24. The van der Waals surface area contributed by atoms with Crippen molar-refractivity contribution < 1.29 is 13.9 Å². The van der Waals surface area contributed by atoms with Gasteiger partial charge in [0.2, 0.25) is 5.91 Å². The normalized spacial score (nSPS) is 17.0. The fourth-order valence-corrected chi connectivity index (χ4v) is 3.07. The highest BCUT2D eigenvalue weighted by atomic mass is 19.1. The highest BCUT2D eigenvalue weighted by Gasteiger charge is 2.21. The molecule has 0 bridgehead atoms. The average molecular weight is 342 g/mol. The summed E-state index contributed by atoms with van der Waals surface area (Å²) < 4.78 is 19.0. The van der Waals surface area contributed by atoms with Crippen LogP contribution in [-0.4, -0.2) is 36.6 Å². The molecule has 1 fully saturated rings. The molecule has 1 amide bonds. The number of carbonyl (C=O) groups is 1. The van der Waals surface area contributed by atoms with Crippen LogP contribution in [0.25, 0.3) is 0 Å². The molecule has 0 aliphatic carbocycles. The number of hydrogen-bond donors (Lipinski definition) is 1.